The molecule has 78 valence electrons. The monoisotopic (exact) mass is 236 g/mol. The molecular weight excluding hydrogens is 224 g/mol. The lowest BCUT2D eigenvalue weighted by Crippen LogP contribution is -2.06. The van der Waals surface area contributed by atoms with Crippen LogP contribution in [0.1, 0.15) is 11.6 Å². The van der Waals surface area contributed by atoms with Crippen LogP contribution in [-0.2, 0) is 0 Å². The van der Waals surface area contributed by atoms with Crippen molar-refractivity contribution in [2.45, 2.75) is 5.92 Å². The molecule has 0 spiro atoms. The summed E-state index contributed by atoms with van der Waals surface area (Å²) in [6, 6.07) is 8.13. The van der Waals surface area contributed by atoms with Crippen LogP contribution in [0.2, 0.25) is 0 Å². The normalized spacial score (nSPS) is 11.1. The molecule has 0 bridgehead atoms. The van der Waals surface area contributed by atoms with Gasteiger partial charge in [-0.05, 0) is 11.5 Å². The number of aromatic nitrogens is 2. The second-order valence-electron chi connectivity index (χ2n) is 3.38. The van der Waals surface area contributed by atoms with Crippen molar-refractivity contribution in [1.82, 2.24) is 10.2 Å². The highest BCUT2D eigenvalue weighted by Gasteiger charge is 2.13. The van der Waals surface area contributed by atoms with E-state index >= 15 is 0 Å². The van der Waals surface area contributed by atoms with E-state index in [4.69, 9.17) is 0 Å². The molecule has 4 heteroatoms. The number of rotatable bonds is 3. The average Bonchev–Trinajstić information content (AvgIpc) is 2.31. The van der Waals surface area contributed by atoms with Gasteiger partial charge in [0.25, 0.3) is 0 Å². The molecule has 1 aromatic carbocycles. The average molecular weight is 236 g/mol. The van der Waals surface area contributed by atoms with Crippen molar-refractivity contribution in [3.8, 4) is 0 Å². The fourth-order valence-electron chi connectivity index (χ4n) is 1.58. The molecule has 2 rings (SSSR count). The molecule has 2 nitrogen and oxygen atoms in total. The first-order valence-corrected chi connectivity index (χ1v) is 6.05. The highest BCUT2D eigenvalue weighted by Crippen LogP contribution is 2.24. The Labute approximate surface area is 99.9 Å². The van der Waals surface area contributed by atoms with Crippen LogP contribution in [0.5, 0.6) is 0 Å². The summed E-state index contributed by atoms with van der Waals surface area (Å²) in [4.78, 5) is 0. The number of fused-ring (bicyclic) bond motifs is 1. The van der Waals surface area contributed by atoms with Gasteiger partial charge in [0.05, 0.1) is 11.9 Å². The Balaban J connectivity index is 2.59. The van der Waals surface area contributed by atoms with Crippen molar-refractivity contribution in [2.75, 3.05) is 11.5 Å². The Morgan fingerprint density at radius 2 is 1.87 bits per heavy atom. The van der Waals surface area contributed by atoms with Crippen molar-refractivity contribution in [3.63, 3.8) is 0 Å². The molecule has 0 radical (unpaired) electrons. The van der Waals surface area contributed by atoms with Crippen molar-refractivity contribution >= 4 is 36.0 Å². The van der Waals surface area contributed by atoms with Gasteiger partial charge in [0.15, 0.2) is 0 Å². The zero-order valence-corrected chi connectivity index (χ0v) is 9.96. The fraction of sp³-hybridized carbons (Fsp3) is 0.273. The molecule has 0 N–H and O–H groups in total. The smallest absolute Gasteiger partial charge is 0.0756 e. The summed E-state index contributed by atoms with van der Waals surface area (Å²) >= 11 is 8.63. The Morgan fingerprint density at radius 1 is 1.13 bits per heavy atom. The summed E-state index contributed by atoms with van der Waals surface area (Å²) in [7, 11) is 0. The van der Waals surface area contributed by atoms with Gasteiger partial charge < -0.3 is 0 Å². The van der Waals surface area contributed by atoms with E-state index < -0.39 is 0 Å². The van der Waals surface area contributed by atoms with Crippen LogP contribution >= 0.6 is 25.3 Å². The third-order valence-electron chi connectivity index (χ3n) is 2.43. The molecule has 0 aliphatic heterocycles. The van der Waals surface area contributed by atoms with Crippen molar-refractivity contribution in [1.29, 1.82) is 0 Å². The van der Waals surface area contributed by atoms with Gasteiger partial charge in [0.2, 0.25) is 0 Å². The molecule has 0 unspecified atom stereocenters. The van der Waals surface area contributed by atoms with Crippen LogP contribution in [0.3, 0.4) is 0 Å². The second-order valence-corrected chi connectivity index (χ2v) is 4.11. The van der Waals surface area contributed by atoms with Crippen LogP contribution in [0.25, 0.3) is 10.8 Å². The minimum Gasteiger partial charge on any atom is -0.179 e. The second kappa shape index (κ2) is 4.86. The van der Waals surface area contributed by atoms with E-state index in [1.54, 1.807) is 6.20 Å². The highest BCUT2D eigenvalue weighted by molar-refractivity contribution is 7.81. The zero-order valence-electron chi connectivity index (χ0n) is 8.17. The lowest BCUT2D eigenvalue weighted by Gasteiger charge is -2.12. The van der Waals surface area contributed by atoms with Gasteiger partial charge in [0.1, 0.15) is 0 Å². The van der Waals surface area contributed by atoms with Crippen molar-refractivity contribution in [3.05, 3.63) is 36.2 Å². The number of benzene rings is 1. The fourth-order valence-corrected chi connectivity index (χ4v) is 2.39. The Bertz CT molecular complexity index is 450. The molecule has 0 saturated heterocycles. The highest BCUT2D eigenvalue weighted by atomic mass is 32.1. The van der Waals surface area contributed by atoms with E-state index in [1.165, 1.54) is 0 Å². The largest absolute Gasteiger partial charge is 0.179 e. The third-order valence-corrected chi connectivity index (χ3v) is 3.31. The summed E-state index contributed by atoms with van der Waals surface area (Å²) in [6.45, 7) is 0. The van der Waals surface area contributed by atoms with E-state index in [0.717, 1.165) is 28.0 Å². The van der Waals surface area contributed by atoms with Gasteiger partial charge in [-0.3, -0.25) is 0 Å². The minimum absolute atomic E-state index is 0.260. The number of nitrogens with zero attached hydrogens (tertiary/aromatic N) is 2. The predicted molar refractivity (Wildman–Crippen MR) is 70.0 cm³/mol. The summed E-state index contributed by atoms with van der Waals surface area (Å²) in [5, 5.41) is 10.5. The molecule has 0 aliphatic rings. The van der Waals surface area contributed by atoms with Gasteiger partial charge in [-0.2, -0.15) is 35.5 Å². The molecular formula is C11H12N2S2. The molecule has 0 aliphatic carbocycles. The summed E-state index contributed by atoms with van der Waals surface area (Å²) in [5.74, 6) is 1.74. The zero-order chi connectivity index (χ0) is 10.7. The van der Waals surface area contributed by atoms with Gasteiger partial charge in [0, 0.05) is 16.7 Å². The van der Waals surface area contributed by atoms with E-state index in [1.807, 2.05) is 18.2 Å². The maximum absolute atomic E-state index is 4.32. The van der Waals surface area contributed by atoms with Crippen LogP contribution < -0.4 is 0 Å². The van der Waals surface area contributed by atoms with Gasteiger partial charge in [-0.25, -0.2) is 0 Å². The molecule has 15 heavy (non-hydrogen) atoms. The van der Waals surface area contributed by atoms with Crippen LogP contribution in [0.4, 0.5) is 0 Å². The van der Waals surface area contributed by atoms with E-state index in [9.17, 15) is 0 Å². The quantitative estimate of drug-likeness (QED) is 0.801. The summed E-state index contributed by atoms with van der Waals surface area (Å²) in [6.07, 6.45) is 1.78. The Kier molecular flexibility index (Phi) is 3.49. The van der Waals surface area contributed by atoms with Crippen molar-refractivity contribution < 1.29 is 0 Å². The molecule has 0 atom stereocenters. The van der Waals surface area contributed by atoms with E-state index in [-0.39, 0.29) is 5.92 Å². The molecule has 0 amide bonds. The Morgan fingerprint density at radius 3 is 2.60 bits per heavy atom. The Hall–Kier alpha value is -0.740. The number of thiol groups is 2. The van der Waals surface area contributed by atoms with Gasteiger partial charge >= 0.3 is 0 Å². The first-order valence-electron chi connectivity index (χ1n) is 4.79. The SMILES string of the molecule is SCC(CS)c1nncc2ccccc12. The van der Waals surface area contributed by atoms with Gasteiger partial charge in [-0.1, -0.05) is 24.3 Å². The molecule has 1 heterocycles. The number of hydrogen-bond donors (Lipinski definition) is 2. The van der Waals surface area contributed by atoms with Crippen LogP contribution in [0.15, 0.2) is 30.5 Å². The molecule has 2 aromatic rings. The first-order chi connectivity index (χ1) is 7.36. The lowest BCUT2D eigenvalue weighted by atomic mass is 10.0. The topological polar surface area (TPSA) is 25.8 Å². The maximum atomic E-state index is 4.32. The van der Waals surface area contributed by atoms with Crippen LogP contribution in [0, 0.1) is 0 Å². The molecule has 0 saturated carbocycles. The van der Waals surface area contributed by atoms with Crippen molar-refractivity contribution in [2.24, 2.45) is 0 Å². The third kappa shape index (κ3) is 2.11. The van der Waals surface area contributed by atoms with Gasteiger partial charge in [-0.15, -0.1) is 0 Å². The number of hydrogen-bond acceptors (Lipinski definition) is 4. The van der Waals surface area contributed by atoms with E-state index in [2.05, 4.69) is 41.5 Å². The van der Waals surface area contributed by atoms with E-state index in [0.29, 0.717) is 0 Å². The predicted octanol–water partition coefficient (Wildman–Crippen LogP) is 2.57. The van der Waals surface area contributed by atoms with Crippen LogP contribution in [-0.4, -0.2) is 21.7 Å². The lowest BCUT2D eigenvalue weighted by molar-refractivity contribution is 0.823. The minimum atomic E-state index is 0.260. The summed E-state index contributed by atoms with van der Waals surface area (Å²) in [5.41, 5.74) is 0.998. The summed E-state index contributed by atoms with van der Waals surface area (Å²) < 4.78 is 0. The maximum Gasteiger partial charge on any atom is 0.0756 e. The molecule has 1 aromatic heterocycles. The first kappa shape index (κ1) is 10.8. The molecule has 0 fully saturated rings. The standard InChI is InChI=1S/C11H12N2S2/c14-6-9(7-15)11-10-4-2-1-3-8(10)5-12-13-11/h1-5,9,14-15H,6-7H2.